The second-order valence-electron chi connectivity index (χ2n) is 10.4. The second kappa shape index (κ2) is 10.1. The number of aryl methyl sites for hydroxylation is 1. The lowest BCUT2D eigenvalue weighted by molar-refractivity contribution is -0.153. The summed E-state index contributed by atoms with van der Waals surface area (Å²) in [5.41, 5.74) is 0.814. The molecule has 2 aliphatic rings. The highest BCUT2D eigenvalue weighted by Gasteiger charge is 2.46. The zero-order chi connectivity index (χ0) is 30.7. The fourth-order valence-electron chi connectivity index (χ4n) is 5.25. The summed E-state index contributed by atoms with van der Waals surface area (Å²) < 4.78 is 91.4. The quantitative estimate of drug-likeness (QED) is 0.406. The van der Waals surface area contributed by atoms with Gasteiger partial charge in [-0.25, -0.2) is 16.8 Å². The van der Waals surface area contributed by atoms with Crippen LogP contribution in [0.5, 0.6) is 5.75 Å². The Labute approximate surface area is 238 Å². The van der Waals surface area contributed by atoms with Crippen LogP contribution in [0.1, 0.15) is 28.0 Å². The fraction of sp³-hybridized carbons (Fsp3) is 0.346. The maximum Gasteiger partial charge on any atom is 0.422 e. The van der Waals surface area contributed by atoms with Gasteiger partial charge in [-0.3, -0.25) is 14.3 Å². The van der Waals surface area contributed by atoms with Gasteiger partial charge in [0, 0.05) is 18.1 Å². The minimum atomic E-state index is -4.49. The molecular formula is C26H25F3N4O7S2. The van der Waals surface area contributed by atoms with Gasteiger partial charge in [-0.1, -0.05) is 18.2 Å². The van der Waals surface area contributed by atoms with Crippen molar-refractivity contribution in [1.82, 2.24) is 15.1 Å². The molecular weight excluding hydrogens is 601 g/mol. The van der Waals surface area contributed by atoms with Crippen molar-refractivity contribution < 1.29 is 44.3 Å². The highest BCUT2D eigenvalue weighted by Crippen LogP contribution is 2.44. The van der Waals surface area contributed by atoms with Crippen LogP contribution in [-0.2, 0) is 43.0 Å². The predicted molar refractivity (Wildman–Crippen MR) is 145 cm³/mol. The van der Waals surface area contributed by atoms with Crippen molar-refractivity contribution in [2.24, 2.45) is 0 Å². The van der Waals surface area contributed by atoms with Crippen molar-refractivity contribution in [2.75, 3.05) is 30.2 Å². The summed E-state index contributed by atoms with van der Waals surface area (Å²) in [5, 5.41) is 10.0. The molecule has 1 atom stereocenters. The number of benzene rings is 2. The first-order valence-electron chi connectivity index (χ1n) is 12.5. The molecule has 0 saturated heterocycles. The Balaban J connectivity index is 1.54. The van der Waals surface area contributed by atoms with Gasteiger partial charge in [0.1, 0.15) is 22.9 Å². The summed E-state index contributed by atoms with van der Waals surface area (Å²) in [7, 11) is -7.22. The normalized spacial score (nSPS) is 18.4. The number of rotatable bonds is 7. The zero-order valence-corrected chi connectivity index (χ0v) is 23.9. The van der Waals surface area contributed by atoms with Crippen molar-refractivity contribution in [3.63, 3.8) is 0 Å². The Morgan fingerprint density at radius 2 is 1.81 bits per heavy atom. The smallest absolute Gasteiger partial charge is 0.422 e. The number of carbonyl (C=O) groups excluding carboxylic acids is 2. The van der Waals surface area contributed by atoms with E-state index in [1.165, 1.54) is 41.1 Å². The van der Waals surface area contributed by atoms with E-state index in [9.17, 15) is 39.6 Å². The molecule has 0 unspecified atom stereocenters. The SMILES string of the molecule is CS(=O)(=O)CC(=O)Nc1c(-c2ccc(S(C)(=O)=O)cc2)nn2c1C(=O)N[C@@]1(CCc3cc(OCC(F)(F)F)ccc31)C2. The number of hydrogen-bond acceptors (Lipinski definition) is 8. The average molecular weight is 627 g/mol. The Bertz CT molecular complexity index is 1820. The highest BCUT2D eigenvalue weighted by molar-refractivity contribution is 7.91. The van der Waals surface area contributed by atoms with Gasteiger partial charge < -0.3 is 15.4 Å². The number of hydrogen-bond donors (Lipinski definition) is 2. The number of ether oxygens (including phenoxy) is 1. The molecule has 1 aromatic heterocycles. The van der Waals surface area contributed by atoms with Gasteiger partial charge in [0.15, 0.2) is 32.0 Å². The standard InChI is InChI=1S/C26H25F3N4O7S2/c1-41(36,37)12-20(34)30-22-21(15-3-6-18(7-4-15)42(2,38)39)32-33-13-25(31-24(35)23(22)33)10-9-16-11-17(5-8-19(16)25)40-14-26(27,28)29/h3-8,11H,9-10,12-14H2,1-2H3,(H,30,34)(H,31,35)/t25-/m0/s1. The molecule has 1 aliphatic heterocycles. The number of alkyl halides is 3. The molecule has 16 heteroatoms. The zero-order valence-electron chi connectivity index (χ0n) is 22.3. The van der Waals surface area contributed by atoms with E-state index >= 15 is 0 Å². The summed E-state index contributed by atoms with van der Waals surface area (Å²) in [4.78, 5) is 26.2. The van der Waals surface area contributed by atoms with Crippen LogP contribution in [0.2, 0.25) is 0 Å². The van der Waals surface area contributed by atoms with Gasteiger partial charge in [0.2, 0.25) is 5.91 Å². The first-order chi connectivity index (χ1) is 19.4. The van der Waals surface area contributed by atoms with Crippen molar-refractivity contribution in [2.45, 2.75) is 36.0 Å². The first-order valence-corrected chi connectivity index (χ1v) is 16.4. The number of halogens is 3. The van der Waals surface area contributed by atoms with E-state index in [0.29, 0.717) is 29.5 Å². The minimum Gasteiger partial charge on any atom is -0.484 e. The average Bonchev–Trinajstić information content (AvgIpc) is 3.39. The maximum atomic E-state index is 13.6. The number of nitrogens with zero attached hydrogens (tertiary/aromatic N) is 2. The molecule has 2 aromatic carbocycles. The number of carbonyl (C=O) groups is 2. The van der Waals surface area contributed by atoms with E-state index in [4.69, 9.17) is 4.74 Å². The lowest BCUT2D eigenvalue weighted by atomic mass is 9.89. The van der Waals surface area contributed by atoms with E-state index < -0.39 is 55.6 Å². The largest absolute Gasteiger partial charge is 0.484 e. The third kappa shape index (κ3) is 5.99. The molecule has 0 bridgehead atoms. The van der Waals surface area contributed by atoms with E-state index in [-0.39, 0.29) is 34.3 Å². The molecule has 42 heavy (non-hydrogen) atoms. The van der Waals surface area contributed by atoms with Crippen molar-refractivity contribution >= 4 is 37.2 Å². The Morgan fingerprint density at radius 1 is 1.12 bits per heavy atom. The third-order valence-electron chi connectivity index (χ3n) is 6.97. The van der Waals surface area contributed by atoms with E-state index in [2.05, 4.69) is 15.7 Å². The molecule has 1 aliphatic carbocycles. The summed E-state index contributed by atoms with van der Waals surface area (Å²) in [6.07, 6.45) is -1.72. The number of aromatic nitrogens is 2. The number of amides is 2. The van der Waals surface area contributed by atoms with Crippen LogP contribution in [0.3, 0.4) is 0 Å². The Morgan fingerprint density at radius 3 is 2.43 bits per heavy atom. The monoisotopic (exact) mass is 626 g/mol. The number of sulfone groups is 2. The third-order valence-corrected chi connectivity index (χ3v) is 8.88. The van der Waals surface area contributed by atoms with Gasteiger partial charge in [-0.2, -0.15) is 18.3 Å². The Kier molecular flexibility index (Phi) is 7.12. The summed E-state index contributed by atoms with van der Waals surface area (Å²) in [6.45, 7) is -1.34. The van der Waals surface area contributed by atoms with Crippen molar-refractivity contribution in [3.8, 4) is 17.0 Å². The molecule has 0 fully saturated rings. The van der Waals surface area contributed by atoms with Gasteiger partial charge in [0.05, 0.1) is 17.0 Å². The van der Waals surface area contributed by atoms with E-state index in [0.717, 1.165) is 12.5 Å². The van der Waals surface area contributed by atoms with Gasteiger partial charge in [0.25, 0.3) is 5.91 Å². The van der Waals surface area contributed by atoms with Crippen molar-refractivity contribution in [1.29, 1.82) is 0 Å². The van der Waals surface area contributed by atoms with Crippen LogP contribution < -0.4 is 15.4 Å². The number of nitrogens with one attached hydrogen (secondary N) is 2. The number of fused-ring (bicyclic) bond motifs is 3. The lowest BCUT2D eigenvalue weighted by Crippen LogP contribution is -2.52. The van der Waals surface area contributed by atoms with Gasteiger partial charge in [-0.15, -0.1) is 0 Å². The maximum absolute atomic E-state index is 13.6. The molecule has 224 valence electrons. The lowest BCUT2D eigenvalue weighted by Gasteiger charge is -2.36. The van der Waals surface area contributed by atoms with Crippen LogP contribution >= 0.6 is 0 Å². The molecule has 1 spiro atoms. The fourth-order valence-corrected chi connectivity index (χ4v) is 6.43. The predicted octanol–water partition coefficient (Wildman–Crippen LogP) is 2.46. The first kappa shape index (κ1) is 29.6. The molecule has 2 heterocycles. The van der Waals surface area contributed by atoms with Crippen molar-refractivity contribution in [3.05, 3.63) is 59.3 Å². The molecule has 2 N–H and O–H groups in total. The minimum absolute atomic E-state index is 0.0377. The Hall–Kier alpha value is -3.92. The van der Waals surface area contributed by atoms with Crippen LogP contribution in [-0.4, -0.2) is 69.5 Å². The van der Waals surface area contributed by atoms with Crippen LogP contribution in [0.4, 0.5) is 18.9 Å². The van der Waals surface area contributed by atoms with Gasteiger partial charge >= 0.3 is 6.18 Å². The molecule has 0 radical (unpaired) electrons. The molecule has 3 aromatic rings. The summed E-state index contributed by atoms with van der Waals surface area (Å²) in [6, 6.07) is 10.1. The van der Waals surface area contributed by atoms with Crippen LogP contribution in [0.15, 0.2) is 47.4 Å². The summed E-state index contributed by atoms with van der Waals surface area (Å²) >= 11 is 0. The molecule has 0 saturated carbocycles. The van der Waals surface area contributed by atoms with E-state index in [1.54, 1.807) is 6.07 Å². The molecule has 11 nitrogen and oxygen atoms in total. The van der Waals surface area contributed by atoms with Crippen LogP contribution in [0, 0.1) is 0 Å². The van der Waals surface area contributed by atoms with Crippen LogP contribution in [0.25, 0.3) is 11.3 Å². The van der Waals surface area contributed by atoms with E-state index in [1.807, 2.05) is 0 Å². The molecule has 5 rings (SSSR count). The topological polar surface area (TPSA) is 154 Å². The summed E-state index contributed by atoms with van der Waals surface area (Å²) in [5.74, 6) is -2.32. The second-order valence-corrected chi connectivity index (χ2v) is 14.6. The highest BCUT2D eigenvalue weighted by atomic mass is 32.2. The van der Waals surface area contributed by atoms with Gasteiger partial charge in [-0.05, 0) is 48.2 Å². The molecule has 2 amide bonds. The number of anilines is 1.